The number of ether oxygens (including phenoxy) is 1. The molecule has 1 atom stereocenters. The van der Waals surface area contributed by atoms with Gasteiger partial charge in [-0.3, -0.25) is 0 Å². The van der Waals surface area contributed by atoms with Crippen LogP contribution in [0.25, 0.3) is 0 Å². The van der Waals surface area contributed by atoms with E-state index in [0.29, 0.717) is 0 Å². The van der Waals surface area contributed by atoms with Gasteiger partial charge in [-0.25, -0.2) is 0 Å². The van der Waals surface area contributed by atoms with E-state index in [-0.39, 0.29) is 6.54 Å². The molecule has 1 fully saturated rings. The molecule has 1 aromatic rings. The first-order valence-electron chi connectivity index (χ1n) is 6.00. The van der Waals surface area contributed by atoms with Gasteiger partial charge in [-0.1, -0.05) is 18.2 Å². The number of morpholine rings is 1. The average Bonchev–Trinajstić information content (AvgIpc) is 2.40. The molecule has 1 aliphatic rings. The molecular formula is C13H20N2O2. The van der Waals surface area contributed by atoms with Gasteiger partial charge in [0, 0.05) is 30.9 Å². The summed E-state index contributed by atoms with van der Waals surface area (Å²) in [6.07, 6.45) is 0. The first-order chi connectivity index (χ1) is 8.15. The van der Waals surface area contributed by atoms with Crippen molar-refractivity contribution in [1.82, 2.24) is 0 Å². The molecule has 4 nitrogen and oxygen atoms in total. The van der Waals surface area contributed by atoms with Crippen molar-refractivity contribution in [3.63, 3.8) is 0 Å². The van der Waals surface area contributed by atoms with Gasteiger partial charge in [-0.15, -0.1) is 0 Å². The van der Waals surface area contributed by atoms with Crippen LogP contribution in [0.4, 0.5) is 5.69 Å². The molecule has 0 spiro atoms. The van der Waals surface area contributed by atoms with E-state index in [1.807, 2.05) is 24.3 Å². The van der Waals surface area contributed by atoms with Crippen LogP contribution in [0, 0.1) is 0 Å². The number of hydrogen-bond donors (Lipinski definition) is 2. The Morgan fingerprint density at radius 2 is 2.00 bits per heavy atom. The number of aliphatic hydroxyl groups is 1. The molecular weight excluding hydrogens is 216 g/mol. The highest BCUT2D eigenvalue weighted by atomic mass is 16.5. The molecule has 1 saturated heterocycles. The van der Waals surface area contributed by atoms with Gasteiger partial charge in [-0.05, 0) is 13.0 Å². The van der Waals surface area contributed by atoms with Crippen molar-refractivity contribution in [2.75, 3.05) is 37.7 Å². The minimum absolute atomic E-state index is 0.217. The molecule has 2 rings (SSSR count). The van der Waals surface area contributed by atoms with Gasteiger partial charge < -0.3 is 20.5 Å². The highest BCUT2D eigenvalue weighted by Gasteiger charge is 2.26. The van der Waals surface area contributed by atoms with E-state index in [2.05, 4.69) is 4.90 Å². The summed E-state index contributed by atoms with van der Waals surface area (Å²) < 4.78 is 5.34. The first-order valence-corrected chi connectivity index (χ1v) is 6.00. The van der Waals surface area contributed by atoms with Gasteiger partial charge in [0.2, 0.25) is 0 Å². The summed E-state index contributed by atoms with van der Waals surface area (Å²) in [6.45, 7) is 5.16. The van der Waals surface area contributed by atoms with E-state index in [0.717, 1.165) is 37.6 Å². The smallest absolute Gasteiger partial charge is 0.101 e. The van der Waals surface area contributed by atoms with E-state index in [1.165, 1.54) is 0 Å². The van der Waals surface area contributed by atoms with Crippen molar-refractivity contribution in [3.05, 3.63) is 29.8 Å². The predicted octanol–water partition coefficient (Wildman–Crippen LogP) is 0.689. The van der Waals surface area contributed by atoms with Gasteiger partial charge in [0.15, 0.2) is 0 Å². The molecule has 0 aromatic heterocycles. The normalized spacial score (nSPS) is 20.1. The van der Waals surface area contributed by atoms with E-state index < -0.39 is 5.60 Å². The summed E-state index contributed by atoms with van der Waals surface area (Å²) in [6, 6.07) is 7.90. The summed E-state index contributed by atoms with van der Waals surface area (Å²) in [5, 5.41) is 10.3. The maximum Gasteiger partial charge on any atom is 0.101 e. The minimum Gasteiger partial charge on any atom is -0.384 e. The Morgan fingerprint density at radius 1 is 1.35 bits per heavy atom. The molecule has 1 heterocycles. The lowest BCUT2D eigenvalue weighted by atomic mass is 9.94. The first kappa shape index (κ1) is 12.4. The highest BCUT2D eigenvalue weighted by Crippen LogP contribution is 2.30. The molecule has 17 heavy (non-hydrogen) atoms. The van der Waals surface area contributed by atoms with Crippen molar-refractivity contribution in [1.29, 1.82) is 0 Å². The Labute approximate surface area is 102 Å². The van der Waals surface area contributed by atoms with Gasteiger partial charge in [0.05, 0.1) is 13.2 Å². The standard InChI is InChI=1S/C13H20N2O2/c1-13(16,10-14)11-4-2-3-5-12(11)15-6-8-17-9-7-15/h2-5,16H,6-10,14H2,1H3. The summed E-state index contributed by atoms with van der Waals surface area (Å²) in [5.41, 5.74) is 6.62. The fraction of sp³-hybridized carbons (Fsp3) is 0.538. The SMILES string of the molecule is CC(O)(CN)c1ccccc1N1CCOCC1. The Morgan fingerprint density at radius 3 is 2.65 bits per heavy atom. The summed E-state index contributed by atoms with van der Waals surface area (Å²) in [4.78, 5) is 2.24. The van der Waals surface area contributed by atoms with Crippen LogP contribution in [0.15, 0.2) is 24.3 Å². The van der Waals surface area contributed by atoms with Crippen LogP contribution < -0.4 is 10.6 Å². The quantitative estimate of drug-likeness (QED) is 0.810. The molecule has 94 valence electrons. The zero-order valence-electron chi connectivity index (χ0n) is 10.2. The van der Waals surface area contributed by atoms with Crippen LogP contribution in [0.1, 0.15) is 12.5 Å². The van der Waals surface area contributed by atoms with Crippen LogP contribution in [0.3, 0.4) is 0 Å². The van der Waals surface area contributed by atoms with Crippen molar-refractivity contribution in [3.8, 4) is 0 Å². The van der Waals surface area contributed by atoms with Crippen LogP contribution in [-0.2, 0) is 10.3 Å². The number of rotatable bonds is 3. The van der Waals surface area contributed by atoms with Crippen LogP contribution in [0.2, 0.25) is 0 Å². The lowest BCUT2D eigenvalue weighted by Crippen LogP contribution is -2.39. The molecule has 1 unspecified atom stereocenters. The molecule has 1 aliphatic heterocycles. The predicted molar refractivity (Wildman–Crippen MR) is 68.1 cm³/mol. The molecule has 0 aliphatic carbocycles. The second-order valence-corrected chi connectivity index (χ2v) is 4.59. The summed E-state index contributed by atoms with van der Waals surface area (Å²) >= 11 is 0. The Kier molecular flexibility index (Phi) is 3.66. The second kappa shape index (κ2) is 5.04. The molecule has 1 aromatic carbocycles. The number of nitrogens with zero attached hydrogens (tertiary/aromatic N) is 1. The van der Waals surface area contributed by atoms with Crippen LogP contribution in [0.5, 0.6) is 0 Å². The second-order valence-electron chi connectivity index (χ2n) is 4.59. The zero-order chi connectivity index (χ0) is 12.3. The van der Waals surface area contributed by atoms with Crippen molar-refractivity contribution >= 4 is 5.69 Å². The largest absolute Gasteiger partial charge is 0.384 e. The Balaban J connectivity index is 2.33. The Hall–Kier alpha value is -1.10. The number of anilines is 1. The summed E-state index contributed by atoms with van der Waals surface area (Å²) in [5.74, 6) is 0. The third kappa shape index (κ3) is 2.60. The number of hydrogen-bond acceptors (Lipinski definition) is 4. The van der Waals surface area contributed by atoms with E-state index >= 15 is 0 Å². The maximum atomic E-state index is 10.3. The lowest BCUT2D eigenvalue weighted by Gasteiger charge is -2.34. The van der Waals surface area contributed by atoms with Crippen molar-refractivity contribution < 1.29 is 9.84 Å². The molecule has 4 heteroatoms. The van der Waals surface area contributed by atoms with Gasteiger partial charge in [0.25, 0.3) is 0 Å². The van der Waals surface area contributed by atoms with Gasteiger partial charge in [0.1, 0.15) is 5.60 Å². The number of nitrogens with two attached hydrogens (primary N) is 1. The maximum absolute atomic E-state index is 10.3. The zero-order valence-corrected chi connectivity index (χ0v) is 10.2. The molecule has 0 bridgehead atoms. The van der Waals surface area contributed by atoms with Gasteiger partial charge in [-0.2, -0.15) is 0 Å². The van der Waals surface area contributed by atoms with Crippen LogP contribution >= 0.6 is 0 Å². The molecule has 0 saturated carbocycles. The fourth-order valence-corrected chi connectivity index (χ4v) is 2.12. The number of para-hydroxylation sites is 1. The average molecular weight is 236 g/mol. The molecule has 0 radical (unpaired) electrons. The monoisotopic (exact) mass is 236 g/mol. The Bertz CT molecular complexity index is 373. The van der Waals surface area contributed by atoms with Crippen molar-refractivity contribution in [2.45, 2.75) is 12.5 Å². The third-order valence-electron chi connectivity index (χ3n) is 3.23. The van der Waals surface area contributed by atoms with E-state index in [1.54, 1.807) is 6.92 Å². The van der Waals surface area contributed by atoms with Crippen LogP contribution in [-0.4, -0.2) is 38.0 Å². The molecule has 3 N–H and O–H groups in total. The molecule has 0 amide bonds. The van der Waals surface area contributed by atoms with Crippen molar-refractivity contribution in [2.24, 2.45) is 5.73 Å². The minimum atomic E-state index is -0.977. The fourth-order valence-electron chi connectivity index (χ4n) is 2.12. The van der Waals surface area contributed by atoms with E-state index in [9.17, 15) is 5.11 Å². The van der Waals surface area contributed by atoms with Gasteiger partial charge >= 0.3 is 0 Å². The number of benzene rings is 1. The summed E-state index contributed by atoms with van der Waals surface area (Å²) in [7, 11) is 0. The third-order valence-corrected chi connectivity index (χ3v) is 3.23. The topological polar surface area (TPSA) is 58.7 Å². The van der Waals surface area contributed by atoms with E-state index in [4.69, 9.17) is 10.5 Å². The highest BCUT2D eigenvalue weighted by molar-refractivity contribution is 5.56. The lowest BCUT2D eigenvalue weighted by molar-refractivity contribution is 0.0666.